The van der Waals surface area contributed by atoms with E-state index in [4.69, 9.17) is 0 Å². The smallest absolute Gasteiger partial charge is 0.208 e. The summed E-state index contributed by atoms with van der Waals surface area (Å²) in [6.07, 6.45) is 5.20. The number of aromatic nitrogens is 4. The van der Waals surface area contributed by atoms with Crippen LogP contribution < -0.4 is 9.62 Å². The van der Waals surface area contributed by atoms with Crippen molar-refractivity contribution in [3.63, 3.8) is 0 Å². The number of nitrogens with one attached hydrogen (secondary N) is 1. The van der Waals surface area contributed by atoms with E-state index in [9.17, 15) is 8.42 Å². The summed E-state index contributed by atoms with van der Waals surface area (Å²) in [7, 11) is -3.15. The van der Waals surface area contributed by atoms with Crippen LogP contribution in [0.1, 0.15) is 25.5 Å². The molecular formula is C13H20N6O2S. The van der Waals surface area contributed by atoms with Crippen molar-refractivity contribution in [2.75, 3.05) is 24.2 Å². The summed E-state index contributed by atoms with van der Waals surface area (Å²) in [6.45, 7) is 3.62. The molecule has 9 heteroatoms. The largest absolute Gasteiger partial charge is 0.368 e. The van der Waals surface area contributed by atoms with Gasteiger partial charge < -0.3 is 4.90 Å². The molecule has 0 aliphatic carbocycles. The van der Waals surface area contributed by atoms with Gasteiger partial charge in [0.05, 0.1) is 17.6 Å². The molecule has 1 aliphatic heterocycles. The van der Waals surface area contributed by atoms with Crippen molar-refractivity contribution in [1.29, 1.82) is 0 Å². The minimum Gasteiger partial charge on any atom is -0.368 e. The number of aryl methyl sites for hydroxylation is 1. The molecule has 1 fully saturated rings. The Morgan fingerprint density at radius 2 is 2.09 bits per heavy atom. The second-order valence-corrected chi connectivity index (χ2v) is 7.40. The number of anilines is 1. The van der Waals surface area contributed by atoms with Gasteiger partial charge >= 0.3 is 0 Å². The lowest BCUT2D eigenvalue weighted by Gasteiger charge is -2.33. The van der Waals surface area contributed by atoms with Crippen LogP contribution in [-0.4, -0.2) is 53.6 Å². The Balaban J connectivity index is 1.80. The van der Waals surface area contributed by atoms with Crippen LogP contribution >= 0.6 is 0 Å². The Morgan fingerprint density at radius 1 is 1.36 bits per heavy atom. The van der Waals surface area contributed by atoms with E-state index in [1.165, 1.54) is 6.26 Å². The average Bonchev–Trinajstić information content (AvgIpc) is 2.93. The second kappa shape index (κ2) is 5.81. The fourth-order valence-electron chi connectivity index (χ4n) is 2.81. The van der Waals surface area contributed by atoms with E-state index >= 15 is 0 Å². The lowest BCUT2D eigenvalue weighted by atomic mass is 10.1. The van der Waals surface area contributed by atoms with Gasteiger partial charge in [0.25, 0.3) is 0 Å². The minimum absolute atomic E-state index is 0.00706. The monoisotopic (exact) mass is 324 g/mol. The van der Waals surface area contributed by atoms with Crippen molar-refractivity contribution in [2.24, 2.45) is 0 Å². The molecule has 8 nitrogen and oxygen atoms in total. The normalized spacial score (nSPS) is 17.3. The third kappa shape index (κ3) is 3.20. The molecule has 1 N–H and O–H groups in total. The fraction of sp³-hybridized carbons (Fsp3) is 0.615. The van der Waals surface area contributed by atoms with Gasteiger partial charge in [-0.05, 0) is 25.3 Å². The van der Waals surface area contributed by atoms with Crippen molar-refractivity contribution in [3.05, 3.63) is 18.1 Å². The van der Waals surface area contributed by atoms with Gasteiger partial charge in [-0.1, -0.05) is 6.92 Å². The highest BCUT2D eigenvalue weighted by atomic mass is 32.2. The summed E-state index contributed by atoms with van der Waals surface area (Å²) >= 11 is 0. The fourth-order valence-corrected chi connectivity index (χ4v) is 3.65. The topological polar surface area (TPSA) is 92.5 Å². The van der Waals surface area contributed by atoms with E-state index in [2.05, 4.69) is 31.8 Å². The zero-order valence-corrected chi connectivity index (χ0v) is 13.5. The lowest BCUT2D eigenvalue weighted by molar-refractivity contribution is 0.461. The molecule has 120 valence electrons. The number of piperidine rings is 1. The maximum absolute atomic E-state index is 11.3. The van der Waals surface area contributed by atoms with Crippen LogP contribution in [0.15, 0.2) is 12.4 Å². The van der Waals surface area contributed by atoms with E-state index in [-0.39, 0.29) is 6.04 Å². The maximum atomic E-state index is 11.3. The molecule has 22 heavy (non-hydrogen) atoms. The van der Waals surface area contributed by atoms with E-state index in [1.54, 1.807) is 10.8 Å². The molecule has 2 aromatic rings. The molecule has 0 amide bonds. The van der Waals surface area contributed by atoms with Crippen LogP contribution in [0.25, 0.3) is 5.65 Å². The molecule has 0 spiro atoms. The molecule has 1 aliphatic rings. The Morgan fingerprint density at radius 3 is 2.73 bits per heavy atom. The summed E-state index contributed by atoms with van der Waals surface area (Å²) in [5, 5.41) is 12.5. The molecule has 2 aromatic heterocycles. The van der Waals surface area contributed by atoms with Crippen molar-refractivity contribution in [3.8, 4) is 0 Å². The quantitative estimate of drug-likeness (QED) is 0.864. The van der Waals surface area contributed by atoms with Crippen LogP contribution in [0.2, 0.25) is 0 Å². The van der Waals surface area contributed by atoms with E-state index in [0.717, 1.165) is 49.4 Å². The van der Waals surface area contributed by atoms with Crippen molar-refractivity contribution < 1.29 is 8.42 Å². The Hall–Kier alpha value is -1.74. The first-order valence-electron chi connectivity index (χ1n) is 7.38. The predicted molar refractivity (Wildman–Crippen MR) is 83.4 cm³/mol. The van der Waals surface area contributed by atoms with Crippen LogP contribution in [0.3, 0.4) is 0 Å². The summed E-state index contributed by atoms with van der Waals surface area (Å²) in [6, 6.07) is 2.06. The van der Waals surface area contributed by atoms with Crippen molar-refractivity contribution in [1.82, 2.24) is 24.5 Å². The van der Waals surface area contributed by atoms with E-state index in [1.807, 2.05) is 6.07 Å². The first-order chi connectivity index (χ1) is 10.5. The van der Waals surface area contributed by atoms with Gasteiger partial charge in [-0.2, -0.15) is 9.61 Å². The van der Waals surface area contributed by atoms with Gasteiger partial charge in [-0.25, -0.2) is 13.1 Å². The summed E-state index contributed by atoms with van der Waals surface area (Å²) in [5.41, 5.74) is 2.74. The molecule has 0 aromatic carbocycles. The van der Waals surface area contributed by atoms with Gasteiger partial charge in [0.1, 0.15) is 6.33 Å². The minimum atomic E-state index is -3.15. The summed E-state index contributed by atoms with van der Waals surface area (Å²) in [5.74, 6) is 0. The van der Waals surface area contributed by atoms with Crippen LogP contribution in [0.4, 0.5) is 5.69 Å². The predicted octanol–water partition coefficient (Wildman–Crippen LogP) is 0.205. The van der Waals surface area contributed by atoms with Crippen molar-refractivity contribution >= 4 is 21.4 Å². The first kappa shape index (κ1) is 15.2. The van der Waals surface area contributed by atoms with Crippen molar-refractivity contribution in [2.45, 2.75) is 32.2 Å². The number of hydrogen-bond donors (Lipinski definition) is 1. The van der Waals surface area contributed by atoms with Gasteiger partial charge in [-0.3, -0.25) is 0 Å². The van der Waals surface area contributed by atoms with Crippen LogP contribution in [-0.2, 0) is 16.4 Å². The third-order valence-corrected chi connectivity index (χ3v) is 4.64. The van der Waals surface area contributed by atoms with E-state index < -0.39 is 10.0 Å². The number of sulfonamides is 1. The van der Waals surface area contributed by atoms with Gasteiger partial charge in [0, 0.05) is 19.1 Å². The first-order valence-corrected chi connectivity index (χ1v) is 9.27. The summed E-state index contributed by atoms with van der Waals surface area (Å²) < 4.78 is 27.0. The number of nitrogens with zero attached hydrogens (tertiary/aromatic N) is 5. The zero-order valence-electron chi connectivity index (χ0n) is 12.7. The molecule has 0 unspecified atom stereocenters. The van der Waals surface area contributed by atoms with Gasteiger partial charge in [0.15, 0.2) is 0 Å². The third-order valence-electron chi connectivity index (χ3n) is 3.88. The molecule has 0 atom stereocenters. The molecule has 0 bridgehead atoms. The number of rotatable bonds is 4. The standard InChI is InChI=1S/C13H20N6O2S/c1-3-10-8-12(13-15-14-9-19(13)16-10)18-6-4-11(5-7-18)17-22(2,20)21/h8-9,11,17H,3-7H2,1-2H3. The second-order valence-electron chi connectivity index (χ2n) is 5.62. The number of hydrogen-bond acceptors (Lipinski definition) is 6. The highest BCUT2D eigenvalue weighted by Crippen LogP contribution is 2.24. The molecular weight excluding hydrogens is 304 g/mol. The molecule has 3 rings (SSSR count). The van der Waals surface area contributed by atoms with E-state index in [0.29, 0.717) is 0 Å². The average molecular weight is 324 g/mol. The molecule has 1 saturated heterocycles. The molecule has 3 heterocycles. The maximum Gasteiger partial charge on any atom is 0.208 e. The SMILES string of the molecule is CCc1cc(N2CCC(NS(C)(=O)=O)CC2)c2nncn2n1. The summed E-state index contributed by atoms with van der Waals surface area (Å²) in [4.78, 5) is 2.23. The Labute approximate surface area is 129 Å². The van der Waals surface area contributed by atoms with Crippen LogP contribution in [0.5, 0.6) is 0 Å². The molecule has 0 saturated carbocycles. The van der Waals surface area contributed by atoms with Crippen LogP contribution in [0, 0.1) is 0 Å². The Kier molecular flexibility index (Phi) is 4.00. The highest BCUT2D eigenvalue weighted by molar-refractivity contribution is 7.88. The van der Waals surface area contributed by atoms with Gasteiger partial charge in [-0.15, -0.1) is 10.2 Å². The van der Waals surface area contributed by atoms with Gasteiger partial charge in [0.2, 0.25) is 15.7 Å². The lowest BCUT2D eigenvalue weighted by Crippen LogP contribution is -2.44. The Bertz CT molecular complexity index is 764. The number of fused-ring (bicyclic) bond motifs is 1. The molecule has 0 radical (unpaired) electrons. The highest BCUT2D eigenvalue weighted by Gasteiger charge is 2.24. The zero-order chi connectivity index (χ0) is 15.7.